The van der Waals surface area contributed by atoms with Crippen molar-refractivity contribution >= 4 is 128 Å². The molecule has 0 saturated carbocycles. The van der Waals surface area contributed by atoms with E-state index < -0.39 is 22.4 Å². The number of nitrogens with two attached hydrogens (primary N) is 2. The number of aliphatic carboxylic acids is 1. The highest BCUT2D eigenvalue weighted by Crippen LogP contribution is 2.31. The molecule has 11 N–H and O–H groups in total. The first-order chi connectivity index (χ1) is 45.4. The van der Waals surface area contributed by atoms with Gasteiger partial charge < -0.3 is 41.4 Å². The van der Waals surface area contributed by atoms with Gasteiger partial charge in [-0.3, -0.25) is 50.1 Å². The number of hydrogen-bond acceptors (Lipinski definition) is 22. The predicted octanol–water partition coefficient (Wildman–Crippen LogP) is 11.6. The second kappa shape index (κ2) is 33.8. The normalized spacial score (nSPS) is 10.2. The lowest BCUT2D eigenvalue weighted by Gasteiger charge is -2.05. The van der Waals surface area contributed by atoms with Crippen LogP contribution in [-0.4, -0.2) is 103 Å². The van der Waals surface area contributed by atoms with E-state index in [0.29, 0.717) is 40.0 Å². The molecule has 8 heterocycles. The van der Waals surface area contributed by atoms with Gasteiger partial charge in [0.25, 0.3) is 11.4 Å². The molecular formula is C66H65N17O12. The number of aliphatic hydroxyl groups is 2. The smallest absolute Gasteiger partial charge is 0.329 e. The third-order valence-corrected chi connectivity index (χ3v) is 14.2. The van der Waals surface area contributed by atoms with E-state index in [9.17, 15) is 40.2 Å². The van der Waals surface area contributed by atoms with Crippen LogP contribution in [-0.2, 0) is 38.3 Å². The van der Waals surface area contributed by atoms with Crippen molar-refractivity contribution < 1.29 is 46.6 Å². The highest BCUT2D eigenvalue weighted by molar-refractivity contribution is 6.03. The molecule has 6 aromatic carbocycles. The number of nitro benzene ring substituents is 3. The van der Waals surface area contributed by atoms with Gasteiger partial charge in [0.05, 0.1) is 48.0 Å². The molecular weight excluding hydrogens is 1220 g/mol. The molecule has 0 spiro atoms. The number of aryl methyl sites for hydroxylation is 4. The van der Waals surface area contributed by atoms with Crippen molar-refractivity contribution in [1.82, 2.24) is 49.0 Å². The van der Waals surface area contributed by atoms with Crippen LogP contribution in [0.5, 0.6) is 0 Å². The Hall–Kier alpha value is -12.9. The fourth-order valence-corrected chi connectivity index (χ4v) is 9.65. The van der Waals surface area contributed by atoms with Gasteiger partial charge in [0, 0.05) is 96.7 Å². The molecule has 0 unspecified atom stereocenters. The minimum absolute atomic E-state index is 0. The summed E-state index contributed by atoms with van der Waals surface area (Å²) in [6, 6.07) is 46.3. The van der Waals surface area contributed by atoms with Gasteiger partial charge in [-0.1, -0.05) is 105 Å². The van der Waals surface area contributed by atoms with Crippen LogP contribution in [0.4, 0.5) is 28.4 Å². The number of aromatic nitrogens is 10. The molecule has 14 aromatic rings. The largest absolute Gasteiger partial charge is 0.480 e. The van der Waals surface area contributed by atoms with E-state index in [2.05, 4.69) is 58.9 Å². The summed E-state index contributed by atoms with van der Waals surface area (Å²) in [7, 11) is 3.73. The van der Waals surface area contributed by atoms with Crippen molar-refractivity contribution in [1.29, 1.82) is 11.1 Å². The number of pyridine rings is 6. The van der Waals surface area contributed by atoms with Gasteiger partial charge in [0.15, 0.2) is 12.1 Å². The van der Waals surface area contributed by atoms with Gasteiger partial charge in [-0.2, -0.15) is 0 Å². The van der Waals surface area contributed by atoms with Crippen molar-refractivity contribution in [3.63, 3.8) is 0 Å². The van der Waals surface area contributed by atoms with Crippen LogP contribution < -0.4 is 11.5 Å². The number of benzene rings is 6. The first-order valence-electron chi connectivity index (χ1n) is 28.4. The summed E-state index contributed by atoms with van der Waals surface area (Å²) in [5, 5.41) is 62.0. The summed E-state index contributed by atoms with van der Waals surface area (Å²) in [6.45, 7) is 3.16. The second-order valence-electron chi connectivity index (χ2n) is 19.7. The molecule has 0 aliphatic carbocycles. The lowest BCUT2D eigenvalue weighted by molar-refractivity contribution is -0.383. The molecule has 0 amide bonds. The fourth-order valence-electron chi connectivity index (χ4n) is 9.65. The molecule has 486 valence electrons. The first kappa shape index (κ1) is 71.2. The Morgan fingerprint density at radius 3 is 1.34 bits per heavy atom. The molecule has 0 atom stereocenters. The number of anilines is 2. The van der Waals surface area contributed by atoms with E-state index in [-0.39, 0.29) is 41.2 Å². The van der Waals surface area contributed by atoms with Crippen molar-refractivity contribution in [3.05, 3.63) is 242 Å². The number of nitrogens with one attached hydrogen (secondary N) is 2. The maximum atomic E-state index is 11.0. The SMILES string of the molecule is CCc1ccc2cccnc2c1N.CCc1ccc2cccnc2c1[N+](=O)[O-].Cn1c(C=O)nc2c3ncccc3ccc21.Cn1c(CO)nc2c3ncccc3ccc21.N=N.Nc1ccc2cccnc2c1[N+](=O)[O-].O.O=C(O)CO.O=[N+]([O-])c1cccc2cccnc12.[HH]. The summed E-state index contributed by atoms with van der Waals surface area (Å²) in [5.74, 6) is -0.105. The molecule has 95 heavy (non-hydrogen) atoms. The number of carbonyl (C=O) groups is 2. The zero-order chi connectivity index (χ0) is 68.0. The van der Waals surface area contributed by atoms with Gasteiger partial charge in [-0.05, 0) is 73.0 Å². The number of aliphatic hydroxyl groups excluding tert-OH is 2. The topological polar surface area (TPSA) is 468 Å². The molecule has 0 bridgehead atoms. The summed E-state index contributed by atoms with van der Waals surface area (Å²) in [5.41, 5.74) is 31.8. The zero-order valence-corrected chi connectivity index (χ0v) is 51.4. The standard InChI is InChI=1S/C12H11N3O.C12H9N3O.C11H10N2O2.C11H12N2.C9H7N3O2.C9H6N2O2.C2H4O3.H2N2.H2O.H2/c2*1-15-9-5-4-8-3-2-6-13-11(8)12(9)14-10(15)7-16;1-2-8-5-6-9-4-3-7-12-10(9)11(8)13(14)15;1-2-8-5-6-9-4-3-7-13-11(9)10(8)12;10-7-4-3-6-2-1-5-11-8(6)9(7)12(13)14;12-11(13)8-5-1-3-7-4-2-6-10-9(7)8;3-1-2(4)5;1-2;;/h2-6,16H,7H2,1H3;2-7H,1H3;3-7H,2H2,1H3;3-7H,2,12H2,1H3;1-5H,10H2;1-6H;3H,1H2,(H,4,5);1-2H;1H2;1H. The maximum absolute atomic E-state index is 11.0. The highest BCUT2D eigenvalue weighted by Gasteiger charge is 2.19. The second-order valence-corrected chi connectivity index (χ2v) is 19.7. The van der Waals surface area contributed by atoms with E-state index in [1.54, 1.807) is 90.1 Å². The number of non-ortho nitro benzene ring substituents is 1. The van der Waals surface area contributed by atoms with Crippen LogP contribution in [0, 0.1) is 41.4 Å². The maximum Gasteiger partial charge on any atom is 0.329 e. The number of carboxylic acids is 1. The van der Waals surface area contributed by atoms with Gasteiger partial charge >= 0.3 is 11.7 Å². The fraction of sp³-hybridized carbons (Fsp3) is 0.121. The number of carbonyl (C=O) groups excluding carboxylic acids is 1. The van der Waals surface area contributed by atoms with Crippen LogP contribution in [0.25, 0.3) is 87.5 Å². The van der Waals surface area contributed by atoms with Crippen molar-refractivity contribution in [2.75, 3.05) is 18.1 Å². The monoisotopic (exact) mass is 1290 g/mol. The van der Waals surface area contributed by atoms with Crippen LogP contribution in [0.3, 0.4) is 0 Å². The molecule has 8 aromatic heterocycles. The molecule has 29 nitrogen and oxygen atoms in total. The van der Waals surface area contributed by atoms with E-state index in [1.807, 2.05) is 98.4 Å². The van der Waals surface area contributed by atoms with E-state index in [0.717, 1.165) is 89.5 Å². The van der Waals surface area contributed by atoms with Gasteiger partial charge in [-0.15, -0.1) is 0 Å². The lowest BCUT2D eigenvalue weighted by Crippen LogP contribution is -1.98. The van der Waals surface area contributed by atoms with Gasteiger partial charge in [0.1, 0.15) is 52.3 Å². The number of fused-ring (bicyclic) bond motifs is 10. The zero-order valence-electron chi connectivity index (χ0n) is 51.4. The molecule has 0 fully saturated rings. The molecule has 14 rings (SSSR count). The number of para-hydroxylation sites is 1. The first-order valence-corrected chi connectivity index (χ1v) is 28.4. The Kier molecular flexibility index (Phi) is 25.3. The Labute approximate surface area is 540 Å². The number of nitrogens with zero attached hydrogens (tertiary/aromatic N) is 13. The number of nitrogen functional groups attached to an aromatic ring is 2. The summed E-state index contributed by atoms with van der Waals surface area (Å²) < 4.78 is 3.67. The number of rotatable bonds is 8. The van der Waals surface area contributed by atoms with Crippen molar-refractivity contribution in [2.45, 2.75) is 33.3 Å². The third kappa shape index (κ3) is 16.8. The number of carboxylic acid groups (broad SMARTS) is 1. The van der Waals surface area contributed by atoms with E-state index >= 15 is 0 Å². The molecule has 0 radical (unpaired) electrons. The van der Waals surface area contributed by atoms with Crippen LogP contribution in [0.1, 0.15) is 42.8 Å². The average Bonchev–Trinajstić information content (AvgIpc) is 1.62. The number of hydrogen-bond donors (Lipinski definition) is 7. The van der Waals surface area contributed by atoms with Crippen LogP contribution >= 0.6 is 0 Å². The van der Waals surface area contributed by atoms with Gasteiger partial charge in [0.2, 0.25) is 0 Å². The average molecular weight is 1290 g/mol. The van der Waals surface area contributed by atoms with Gasteiger partial charge in [-0.25, -0.2) is 40.8 Å². The number of imidazole rings is 2. The summed E-state index contributed by atoms with van der Waals surface area (Å²) in [4.78, 5) is 84.5. The molecule has 0 saturated heterocycles. The Balaban J connectivity index is 0.000000204. The third-order valence-electron chi connectivity index (χ3n) is 14.2. The van der Waals surface area contributed by atoms with Crippen LogP contribution in [0.2, 0.25) is 0 Å². The van der Waals surface area contributed by atoms with Crippen molar-refractivity contribution in [2.24, 2.45) is 14.1 Å². The molecule has 0 aliphatic rings. The Morgan fingerprint density at radius 2 is 0.884 bits per heavy atom. The summed E-state index contributed by atoms with van der Waals surface area (Å²) in [6.07, 6.45) is 12.3. The lowest BCUT2D eigenvalue weighted by atomic mass is 10.1. The van der Waals surface area contributed by atoms with E-state index in [4.69, 9.17) is 37.5 Å². The minimum atomic E-state index is -1.19. The highest BCUT2D eigenvalue weighted by atomic mass is 16.6. The quantitative estimate of drug-likeness (QED) is 0.0244. The Morgan fingerprint density at radius 1 is 0.505 bits per heavy atom. The molecule has 0 aliphatic heterocycles. The van der Waals surface area contributed by atoms with Crippen molar-refractivity contribution in [3.8, 4) is 0 Å². The number of nitro groups is 3. The summed E-state index contributed by atoms with van der Waals surface area (Å²) >= 11 is 0. The minimum Gasteiger partial charge on any atom is -0.480 e. The van der Waals surface area contributed by atoms with Crippen LogP contribution in [0.15, 0.2) is 189 Å². The Bertz CT molecular complexity index is 5050. The van der Waals surface area contributed by atoms with E-state index in [1.165, 1.54) is 23.9 Å². The number of aldehydes is 1. The molecule has 29 heteroatoms. The predicted molar refractivity (Wildman–Crippen MR) is 364 cm³/mol.